The molecule has 1 aliphatic rings. The zero-order chi connectivity index (χ0) is 9.52. The lowest BCUT2D eigenvalue weighted by atomic mass is 9.92. The van der Waals surface area contributed by atoms with E-state index in [0.717, 1.165) is 38.6 Å². The third-order valence-corrected chi connectivity index (χ3v) is 2.67. The average molecular weight is 187 g/mol. The van der Waals surface area contributed by atoms with E-state index in [2.05, 4.69) is 0 Å². The SMILES string of the molecule is COCCC(N)CC1CCOCC1. The summed E-state index contributed by atoms with van der Waals surface area (Å²) in [6.07, 6.45) is 4.47. The number of hydrogen-bond acceptors (Lipinski definition) is 3. The zero-order valence-corrected chi connectivity index (χ0v) is 8.50. The summed E-state index contributed by atoms with van der Waals surface area (Å²) in [5.41, 5.74) is 5.97. The molecular formula is C10H21NO2. The lowest BCUT2D eigenvalue weighted by Gasteiger charge is -2.24. The van der Waals surface area contributed by atoms with Crippen LogP contribution in [-0.4, -0.2) is 33.0 Å². The normalized spacial score (nSPS) is 21.7. The van der Waals surface area contributed by atoms with Crippen LogP contribution in [0.15, 0.2) is 0 Å². The maximum Gasteiger partial charge on any atom is 0.0477 e. The Morgan fingerprint density at radius 2 is 2.15 bits per heavy atom. The highest BCUT2D eigenvalue weighted by molar-refractivity contribution is 4.70. The van der Waals surface area contributed by atoms with Crippen molar-refractivity contribution in [3.63, 3.8) is 0 Å². The molecule has 0 saturated carbocycles. The number of ether oxygens (including phenoxy) is 2. The Balaban J connectivity index is 2.07. The van der Waals surface area contributed by atoms with E-state index in [0.29, 0.717) is 6.04 Å². The monoisotopic (exact) mass is 187 g/mol. The highest BCUT2D eigenvalue weighted by Gasteiger charge is 2.16. The van der Waals surface area contributed by atoms with Crippen molar-refractivity contribution >= 4 is 0 Å². The molecule has 0 aromatic rings. The fraction of sp³-hybridized carbons (Fsp3) is 1.00. The summed E-state index contributed by atoms with van der Waals surface area (Å²) in [6.45, 7) is 2.62. The van der Waals surface area contributed by atoms with Gasteiger partial charge in [-0.05, 0) is 31.6 Å². The molecule has 0 spiro atoms. The minimum absolute atomic E-state index is 0.308. The van der Waals surface area contributed by atoms with Gasteiger partial charge in [-0.15, -0.1) is 0 Å². The van der Waals surface area contributed by atoms with Crippen LogP contribution in [0.2, 0.25) is 0 Å². The second-order valence-electron chi connectivity index (χ2n) is 3.83. The van der Waals surface area contributed by atoms with E-state index in [9.17, 15) is 0 Å². The summed E-state index contributed by atoms with van der Waals surface area (Å²) in [5, 5.41) is 0. The zero-order valence-electron chi connectivity index (χ0n) is 8.50. The summed E-state index contributed by atoms with van der Waals surface area (Å²) < 4.78 is 10.3. The largest absolute Gasteiger partial charge is 0.385 e. The molecule has 1 rings (SSSR count). The van der Waals surface area contributed by atoms with Crippen molar-refractivity contribution in [1.82, 2.24) is 0 Å². The molecule has 0 amide bonds. The maximum atomic E-state index is 5.97. The van der Waals surface area contributed by atoms with E-state index >= 15 is 0 Å². The first-order chi connectivity index (χ1) is 6.33. The maximum absolute atomic E-state index is 5.97. The first kappa shape index (κ1) is 11.0. The number of methoxy groups -OCH3 is 1. The Hall–Kier alpha value is -0.120. The number of hydrogen-bond donors (Lipinski definition) is 1. The standard InChI is InChI=1S/C10H21NO2/c1-12-5-4-10(11)8-9-2-6-13-7-3-9/h9-10H,2-8,11H2,1H3. The van der Waals surface area contributed by atoms with Crippen molar-refractivity contribution in [2.75, 3.05) is 26.9 Å². The summed E-state index contributed by atoms with van der Waals surface area (Å²) >= 11 is 0. The highest BCUT2D eigenvalue weighted by Crippen LogP contribution is 2.20. The van der Waals surface area contributed by atoms with Crippen molar-refractivity contribution < 1.29 is 9.47 Å². The van der Waals surface area contributed by atoms with Gasteiger partial charge in [0.15, 0.2) is 0 Å². The smallest absolute Gasteiger partial charge is 0.0477 e. The fourth-order valence-corrected chi connectivity index (χ4v) is 1.80. The number of nitrogens with two attached hydrogens (primary N) is 1. The Kier molecular flexibility index (Phi) is 5.35. The minimum atomic E-state index is 0.308. The summed E-state index contributed by atoms with van der Waals surface area (Å²) in [7, 11) is 1.72. The molecule has 1 aliphatic heterocycles. The van der Waals surface area contributed by atoms with Gasteiger partial charge < -0.3 is 15.2 Å². The van der Waals surface area contributed by atoms with E-state index in [4.69, 9.17) is 15.2 Å². The first-order valence-corrected chi connectivity index (χ1v) is 5.15. The molecule has 78 valence electrons. The molecule has 13 heavy (non-hydrogen) atoms. The quantitative estimate of drug-likeness (QED) is 0.702. The molecule has 1 saturated heterocycles. The molecule has 3 heteroatoms. The third kappa shape index (κ3) is 4.60. The lowest BCUT2D eigenvalue weighted by molar-refractivity contribution is 0.0605. The van der Waals surface area contributed by atoms with Gasteiger partial charge in [0.25, 0.3) is 0 Å². The van der Waals surface area contributed by atoms with E-state index in [1.54, 1.807) is 7.11 Å². The number of rotatable bonds is 5. The van der Waals surface area contributed by atoms with Crippen LogP contribution in [0, 0.1) is 5.92 Å². The summed E-state index contributed by atoms with van der Waals surface area (Å²) in [5.74, 6) is 0.778. The van der Waals surface area contributed by atoms with Crippen molar-refractivity contribution in [3.05, 3.63) is 0 Å². The molecule has 1 unspecified atom stereocenters. The van der Waals surface area contributed by atoms with Gasteiger partial charge >= 0.3 is 0 Å². The van der Waals surface area contributed by atoms with Gasteiger partial charge in [-0.1, -0.05) is 0 Å². The fourth-order valence-electron chi connectivity index (χ4n) is 1.80. The average Bonchev–Trinajstić information content (AvgIpc) is 2.16. The van der Waals surface area contributed by atoms with Gasteiger partial charge in [-0.3, -0.25) is 0 Å². The topological polar surface area (TPSA) is 44.5 Å². The molecule has 1 heterocycles. The Morgan fingerprint density at radius 1 is 1.46 bits per heavy atom. The molecule has 0 bridgehead atoms. The van der Waals surface area contributed by atoms with Crippen LogP contribution < -0.4 is 5.73 Å². The van der Waals surface area contributed by atoms with E-state index in [1.165, 1.54) is 12.8 Å². The first-order valence-electron chi connectivity index (χ1n) is 5.15. The molecular weight excluding hydrogens is 166 g/mol. The second kappa shape index (κ2) is 6.35. The van der Waals surface area contributed by atoms with Gasteiger partial charge in [0, 0.05) is 33.0 Å². The van der Waals surface area contributed by atoms with Gasteiger partial charge in [-0.25, -0.2) is 0 Å². The highest BCUT2D eigenvalue weighted by atomic mass is 16.5. The second-order valence-corrected chi connectivity index (χ2v) is 3.83. The minimum Gasteiger partial charge on any atom is -0.385 e. The Labute approximate surface area is 80.6 Å². The van der Waals surface area contributed by atoms with Gasteiger partial charge in [0.1, 0.15) is 0 Å². The van der Waals surface area contributed by atoms with Crippen LogP contribution in [0.3, 0.4) is 0 Å². The van der Waals surface area contributed by atoms with Gasteiger partial charge in [0.05, 0.1) is 0 Å². The van der Waals surface area contributed by atoms with Crippen LogP contribution in [0.5, 0.6) is 0 Å². The van der Waals surface area contributed by atoms with E-state index in [1.807, 2.05) is 0 Å². The Bertz CT molecular complexity index is 124. The summed E-state index contributed by atoms with van der Waals surface area (Å²) in [6, 6.07) is 0.308. The molecule has 2 N–H and O–H groups in total. The van der Waals surface area contributed by atoms with Crippen molar-refractivity contribution in [2.24, 2.45) is 11.7 Å². The Morgan fingerprint density at radius 3 is 2.77 bits per heavy atom. The van der Waals surface area contributed by atoms with Crippen molar-refractivity contribution in [2.45, 2.75) is 31.7 Å². The van der Waals surface area contributed by atoms with Crippen molar-refractivity contribution in [1.29, 1.82) is 0 Å². The molecule has 1 atom stereocenters. The van der Waals surface area contributed by atoms with Crippen LogP contribution in [0.1, 0.15) is 25.7 Å². The lowest BCUT2D eigenvalue weighted by Crippen LogP contribution is -2.28. The van der Waals surface area contributed by atoms with E-state index < -0.39 is 0 Å². The predicted molar refractivity (Wildman–Crippen MR) is 52.6 cm³/mol. The van der Waals surface area contributed by atoms with Crippen LogP contribution in [0.4, 0.5) is 0 Å². The van der Waals surface area contributed by atoms with Gasteiger partial charge in [0.2, 0.25) is 0 Å². The van der Waals surface area contributed by atoms with Crippen LogP contribution in [0.25, 0.3) is 0 Å². The molecule has 0 aromatic heterocycles. The summed E-state index contributed by atoms with van der Waals surface area (Å²) in [4.78, 5) is 0. The predicted octanol–water partition coefficient (Wildman–Crippen LogP) is 1.17. The van der Waals surface area contributed by atoms with Crippen molar-refractivity contribution in [3.8, 4) is 0 Å². The van der Waals surface area contributed by atoms with Gasteiger partial charge in [-0.2, -0.15) is 0 Å². The van der Waals surface area contributed by atoms with Crippen LogP contribution >= 0.6 is 0 Å². The van der Waals surface area contributed by atoms with Crippen LogP contribution in [-0.2, 0) is 9.47 Å². The molecule has 0 radical (unpaired) electrons. The molecule has 1 fully saturated rings. The van der Waals surface area contributed by atoms with E-state index in [-0.39, 0.29) is 0 Å². The molecule has 3 nitrogen and oxygen atoms in total. The molecule has 0 aliphatic carbocycles. The third-order valence-electron chi connectivity index (χ3n) is 2.67. The molecule has 0 aromatic carbocycles.